The third-order valence-electron chi connectivity index (χ3n) is 15.8. The predicted molar refractivity (Wildman–Crippen MR) is 344 cm³/mol. The molecule has 0 heterocycles. The van der Waals surface area contributed by atoms with E-state index in [1.807, 2.05) is 0 Å². The van der Waals surface area contributed by atoms with Crippen molar-refractivity contribution >= 4 is 0 Å². The lowest BCUT2D eigenvalue weighted by atomic mass is 10.1. The monoisotopic (exact) mass is 1120 g/mol. The van der Waals surface area contributed by atoms with E-state index in [-0.39, 0.29) is 12.6 Å². The highest BCUT2D eigenvalue weighted by molar-refractivity contribution is 4.90. The molecule has 0 aliphatic rings. The van der Waals surface area contributed by atoms with Crippen molar-refractivity contribution in [2.24, 2.45) is 0 Å². The Labute approximate surface area is 495 Å². The Morgan fingerprint density at radius 3 is 0.595 bits per heavy atom. The van der Waals surface area contributed by atoms with Crippen LogP contribution in [-0.2, 0) is 33.2 Å². The minimum Gasteiger partial charge on any atom is -0.353 e. The van der Waals surface area contributed by atoms with E-state index in [9.17, 15) is 0 Å². The molecule has 0 rings (SSSR count). The van der Waals surface area contributed by atoms with Crippen LogP contribution < -0.4 is 0 Å². The summed E-state index contributed by atoms with van der Waals surface area (Å²) in [7, 11) is 0. The molecule has 0 aromatic rings. The zero-order valence-electron chi connectivity index (χ0n) is 54.5. The number of rotatable bonds is 70. The largest absolute Gasteiger partial charge is 0.353 e. The molecule has 472 valence electrons. The van der Waals surface area contributed by atoms with Crippen LogP contribution in [0.1, 0.15) is 375 Å². The molecule has 0 saturated heterocycles. The Balaban J connectivity index is 5.97. The number of ether oxygens (including phenoxy) is 7. The molecule has 2 atom stereocenters. The van der Waals surface area contributed by atoms with Gasteiger partial charge >= 0.3 is 0 Å². The molecule has 0 fully saturated rings. The zero-order valence-corrected chi connectivity index (χ0v) is 54.5. The summed E-state index contributed by atoms with van der Waals surface area (Å²) in [6.07, 6.45) is 72.7. The van der Waals surface area contributed by atoms with Crippen LogP contribution in [0, 0.1) is 0 Å². The molecular formula is C72H142O7. The van der Waals surface area contributed by atoms with Crippen LogP contribution in [-0.4, -0.2) is 64.8 Å². The maximum atomic E-state index is 6.80. The third kappa shape index (κ3) is 63.1. The topological polar surface area (TPSA) is 64.6 Å². The van der Waals surface area contributed by atoms with Crippen molar-refractivity contribution in [3.05, 3.63) is 24.3 Å². The Morgan fingerprint density at radius 1 is 0.215 bits per heavy atom. The van der Waals surface area contributed by atoms with Crippen molar-refractivity contribution in [1.82, 2.24) is 0 Å². The second-order valence-electron chi connectivity index (χ2n) is 23.8. The van der Waals surface area contributed by atoms with Gasteiger partial charge < -0.3 is 33.2 Å². The Morgan fingerprint density at radius 2 is 0.392 bits per heavy atom. The zero-order chi connectivity index (χ0) is 57.1. The maximum absolute atomic E-state index is 6.80. The fraction of sp³-hybridized carbons (Fsp3) is 0.944. The Hall–Kier alpha value is -0.800. The second-order valence-corrected chi connectivity index (χ2v) is 23.8. The van der Waals surface area contributed by atoms with E-state index < -0.39 is 12.6 Å². The molecule has 0 radical (unpaired) electrons. The smallest absolute Gasteiger partial charge is 0.180 e. The number of allylic oxidation sites excluding steroid dienone is 2. The van der Waals surface area contributed by atoms with Gasteiger partial charge in [0.1, 0.15) is 0 Å². The van der Waals surface area contributed by atoms with Gasteiger partial charge in [0.15, 0.2) is 25.2 Å². The van der Waals surface area contributed by atoms with Crippen LogP contribution in [0.4, 0.5) is 0 Å². The minimum atomic E-state index is -0.495. The number of unbranched alkanes of at least 4 members (excludes halogenated alkanes) is 42. The van der Waals surface area contributed by atoms with E-state index >= 15 is 0 Å². The lowest BCUT2D eigenvalue weighted by Crippen LogP contribution is -2.25. The van der Waals surface area contributed by atoms with Gasteiger partial charge in [-0.1, -0.05) is 323 Å². The molecule has 0 aromatic heterocycles. The lowest BCUT2D eigenvalue weighted by molar-refractivity contribution is -0.208. The van der Waals surface area contributed by atoms with E-state index in [4.69, 9.17) is 33.2 Å². The summed E-state index contributed by atoms with van der Waals surface area (Å²) in [6, 6.07) is 0. The molecule has 7 heteroatoms. The summed E-state index contributed by atoms with van der Waals surface area (Å²) in [4.78, 5) is 0. The van der Waals surface area contributed by atoms with E-state index in [0.717, 1.165) is 90.6 Å². The molecule has 7 nitrogen and oxygen atoms in total. The summed E-state index contributed by atoms with van der Waals surface area (Å²) in [5.41, 5.74) is 0. The van der Waals surface area contributed by atoms with Crippen LogP contribution in [0.25, 0.3) is 0 Å². The fourth-order valence-electron chi connectivity index (χ4n) is 10.4. The predicted octanol–water partition coefficient (Wildman–Crippen LogP) is 23.9. The van der Waals surface area contributed by atoms with Gasteiger partial charge in [0, 0.05) is 39.3 Å². The van der Waals surface area contributed by atoms with E-state index in [1.165, 1.54) is 270 Å². The van der Waals surface area contributed by atoms with Crippen molar-refractivity contribution < 1.29 is 33.2 Å². The molecule has 0 spiro atoms. The number of hydrogen-bond donors (Lipinski definition) is 0. The minimum absolute atomic E-state index is 0.181. The average molecular weight is 1120 g/mol. The van der Waals surface area contributed by atoms with Gasteiger partial charge in [0.05, 0.1) is 13.2 Å². The standard InChI is InChI=1S/C72H142O7/c1-7-13-19-25-31-37-43-53-63-73-69(74-64-54-44-38-32-26-20-14-8-2)59-49-51-61-71(77-67-57-47-41-35-29-23-17-11-5)79-72(78-68-58-48-42-36-30-24-18-12-6)62-52-50-60-70(75-65-55-45-39-33-27-21-15-9-3)76-66-56-46-40-34-28-22-16-10-4/h51-52,61-62,69-72H,7-50,53-60,63-68H2,1-6H3. The first-order chi connectivity index (χ1) is 39.1. The summed E-state index contributed by atoms with van der Waals surface area (Å²) in [5, 5.41) is 0. The summed E-state index contributed by atoms with van der Waals surface area (Å²) in [6.45, 7) is 18.2. The average Bonchev–Trinajstić information content (AvgIpc) is 3.45. The van der Waals surface area contributed by atoms with Crippen LogP contribution in [0.3, 0.4) is 0 Å². The van der Waals surface area contributed by atoms with Gasteiger partial charge in [-0.05, 0) is 63.5 Å². The highest BCUT2D eigenvalue weighted by Gasteiger charge is 2.16. The molecule has 0 bridgehead atoms. The molecule has 0 amide bonds. The van der Waals surface area contributed by atoms with Crippen LogP contribution in [0.5, 0.6) is 0 Å². The second kappa shape index (κ2) is 69.7. The quantitative estimate of drug-likeness (QED) is 0.0342. The fourth-order valence-corrected chi connectivity index (χ4v) is 10.4. The number of hydrogen-bond acceptors (Lipinski definition) is 7. The first-order valence-electron chi connectivity index (χ1n) is 35.8. The molecule has 0 aromatic carbocycles. The van der Waals surface area contributed by atoms with Crippen molar-refractivity contribution in [2.75, 3.05) is 39.6 Å². The Bertz CT molecular complexity index is 1020. The molecule has 0 N–H and O–H groups in total. The first kappa shape index (κ1) is 78.2. The lowest BCUT2D eigenvalue weighted by Gasteiger charge is -2.22. The third-order valence-corrected chi connectivity index (χ3v) is 15.8. The van der Waals surface area contributed by atoms with E-state index in [1.54, 1.807) is 0 Å². The van der Waals surface area contributed by atoms with Gasteiger partial charge in [0.2, 0.25) is 0 Å². The van der Waals surface area contributed by atoms with Gasteiger partial charge in [-0.15, -0.1) is 0 Å². The summed E-state index contributed by atoms with van der Waals surface area (Å²) < 4.78 is 45.9. The summed E-state index contributed by atoms with van der Waals surface area (Å²) >= 11 is 0. The van der Waals surface area contributed by atoms with Crippen molar-refractivity contribution in [3.8, 4) is 0 Å². The molecule has 0 aliphatic carbocycles. The Kier molecular flexibility index (Phi) is 69.0. The molecule has 0 saturated carbocycles. The first-order valence-corrected chi connectivity index (χ1v) is 35.8. The van der Waals surface area contributed by atoms with Crippen LogP contribution >= 0.6 is 0 Å². The van der Waals surface area contributed by atoms with Gasteiger partial charge in [-0.25, -0.2) is 0 Å². The maximum Gasteiger partial charge on any atom is 0.180 e. The highest BCUT2D eigenvalue weighted by Crippen LogP contribution is 2.19. The van der Waals surface area contributed by atoms with Gasteiger partial charge in [0.25, 0.3) is 0 Å². The van der Waals surface area contributed by atoms with Gasteiger partial charge in [-0.3, -0.25) is 0 Å². The van der Waals surface area contributed by atoms with E-state index in [2.05, 4.69) is 65.8 Å². The summed E-state index contributed by atoms with van der Waals surface area (Å²) in [5.74, 6) is 0. The van der Waals surface area contributed by atoms with Gasteiger partial charge in [-0.2, -0.15) is 0 Å². The molecule has 79 heavy (non-hydrogen) atoms. The van der Waals surface area contributed by atoms with Crippen molar-refractivity contribution in [3.63, 3.8) is 0 Å². The van der Waals surface area contributed by atoms with Crippen molar-refractivity contribution in [2.45, 2.75) is 401 Å². The molecule has 2 unspecified atom stereocenters. The SMILES string of the molecule is CCCCCCCCCCOC(C=CCCC(OCCCCCCCCCC)OCCCCCCCCCC)OC(C=CCCC(OCCCCCCCCCC)OCCCCCCCCCC)OCCCCCCCCCC. The van der Waals surface area contributed by atoms with Crippen LogP contribution in [0.15, 0.2) is 24.3 Å². The normalized spacial score (nSPS) is 13.0. The van der Waals surface area contributed by atoms with Crippen LogP contribution in [0.2, 0.25) is 0 Å². The molecule has 0 aliphatic heterocycles. The highest BCUT2D eigenvalue weighted by atomic mass is 16.8. The molecular weight excluding hydrogens is 977 g/mol. The van der Waals surface area contributed by atoms with E-state index in [0.29, 0.717) is 13.2 Å². The van der Waals surface area contributed by atoms with Crippen molar-refractivity contribution in [1.29, 1.82) is 0 Å².